The second kappa shape index (κ2) is 4.96. The lowest BCUT2D eigenvalue weighted by Crippen LogP contribution is -2.19. The van der Waals surface area contributed by atoms with Gasteiger partial charge in [0.1, 0.15) is 0 Å². The van der Waals surface area contributed by atoms with E-state index in [0.717, 1.165) is 18.8 Å². The maximum atomic E-state index is 11.4. The Balaban J connectivity index is 2.22. The van der Waals surface area contributed by atoms with Crippen LogP contribution in [-0.2, 0) is 4.74 Å². The van der Waals surface area contributed by atoms with Crippen LogP contribution in [0.5, 0.6) is 0 Å². The molecular formula is C13H16ClNO2. The number of esters is 1. The van der Waals surface area contributed by atoms with Gasteiger partial charge in [0.15, 0.2) is 0 Å². The molecule has 3 nitrogen and oxygen atoms in total. The summed E-state index contributed by atoms with van der Waals surface area (Å²) in [5.74, 6) is 0.324. The number of nitrogens with zero attached hydrogens (tertiary/aromatic N) is 1. The Labute approximate surface area is 106 Å². The fraction of sp³-hybridized carbons (Fsp3) is 0.462. The molecule has 2 rings (SSSR count). The van der Waals surface area contributed by atoms with Gasteiger partial charge in [0, 0.05) is 18.8 Å². The number of benzene rings is 1. The van der Waals surface area contributed by atoms with Crippen molar-refractivity contribution in [1.82, 2.24) is 0 Å². The summed E-state index contributed by atoms with van der Waals surface area (Å²) >= 11 is 6.09. The number of carbonyl (C=O) groups is 1. The van der Waals surface area contributed by atoms with Crippen molar-refractivity contribution in [2.75, 3.05) is 25.1 Å². The van der Waals surface area contributed by atoms with Crippen LogP contribution in [0.3, 0.4) is 0 Å². The van der Waals surface area contributed by atoms with Gasteiger partial charge in [-0.05, 0) is 30.5 Å². The minimum atomic E-state index is -0.392. The van der Waals surface area contributed by atoms with Crippen LogP contribution in [0.4, 0.5) is 5.69 Å². The summed E-state index contributed by atoms with van der Waals surface area (Å²) < 4.78 is 4.66. The van der Waals surface area contributed by atoms with Crippen LogP contribution in [0.2, 0.25) is 5.02 Å². The number of hydrogen-bond donors (Lipinski definition) is 0. The number of ether oxygens (including phenoxy) is 1. The van der Waals surface area contributed by atoms with Gasteiger partial charge in [-0.15, -0.1) is 0 Å². The summed E-state index contributed by atoms with van der Waals surface area (Å²) in [4.78, 5) is 13.7. The van der Waals surface area contributed by atoms with Crippen molar-refractivity contribution in [3.63, 3.8) is 0 Å². The molecule has 1 atom stereocenters. The molecular weight excluding hydrogens is 238 g/mol. The van der Waals surface area contributed by atoms with Crippen LogP contribution in [0.25, 0.3) is 0 Å². The summed E-state index contributed by atoms with van der Waals surface area (Å²) in [6.07, 6.45) is 1.20. The van der Waals surface area contributed by atoms with Gasteiger partial charge in [0.05, 0.1) is 17.7 Å². The number of carbonyl (C=O) groups excluding carboxylic acids is 1. The van der Waals surface area contributed by atoms with Gasteiger partial charge < -0.3 is 9.64 Å². The number of halogens is 1. The van der Waals surface area contributed by atoms with Crippen molar-refractivity contribution in [2.45, 2.75) is 13.3 Å². The normalized spacial score (nSPS) is 19.5. The van der Waals surface area contributed by atoms with E-state index in [2.05, 4.69) is 16.6 Å². The zero-order valence-corrected chi connectivity index (χ0v) is 10.8. The van der Waals surface area contributed by atoms with Crippen molar-refractivity contribution in [3.8, 4) is 0 Å². The van der Waals surface area contributed by atoms with E-state index >= 15 is 0 Å². The van der Waals surface area contributed by atoms with E-state index in [1.54, 1.807) is 6.07 Å². The van der Waals surface area contributed by atoms with Crippen molar-refractivity contribution in [3.05, 3.63) is 28.8 Å². The van der Waals surface area contributed by atoms with E-state index < -0.39 is 5.97 Å². The molecule has 1 aromatic carbocycles. The average molecular weight is 254 g/mol. The highest BCUT2D eigenvalue weighted by Gasteiger charge is 2.20. The van der Waals surface area contributed by atoms with Crippen molar-refractivity contribution >= 4 is 23.3 Å². The largest absolute Gasteiger partial charge is 0.465 e. The summed E-state index contributed by atoms with van der Waals surface area (Å²) in [5.41, 5.74) is 1.50. The van der Waals surface area contributed by atoms with Crippen LogP contribution in [-0.4, -0.2) is 26.2 Å². The minimum absolute atomic E-state index is 0.392. The molecule has 92 valence electrons. The molecule has 1 fully saturated rings. The van der Waals surface area contributed by atoms with Crippen molar-refractivity contribution in [2.24, 2.45) is 5.92 Å². The molecule has 0 aromatic heterocycles. The van der Waals surface area contributed by atoms with E-state index in [4.69, 9.17) is 11.6 Å². The van der Waals surface area contributed by atoms with Gasteiger partial charge in [-0.2, -0.15) is 0 Å². The fourth-order valence-corrected chi connectivity index (χ4v) is 2.40. The average Bonchev–Trinajstić information content (AvgIpc) is 2.75. The summed E-state index contributed by atoms with van der Waals surface area (Å²) in [6.45, 7) is 4.34. The van der Waals surface area contributed by atoms with Crippen LogP contribution in [0.1, 0.15) is 23.7 Å². The standard InChI is InChI=1S/C13H16ClNO2/c1-9-5-6-15(8-9)10-3-4-11(12(14)7-10)13(16)17-2/h3-4,7,9H,5-6,8H2,1-2H3. The Bertz CT molecular complexity index is 433. The fourth-order valence-electron chi connectivity index (χ4n) is 2.15. The zero-order chi connectivity index (χ0) is 12.4. The van der Waals surface area contributed by atoms with Gasteiger partial charge in [0.25, 0.3) is 0 Å². The second-order valence-corrected chi connectivity index (χ2v) is 4.90. The molecule has 0 aliphatic carbocycles. The topological polar surface area (TPSA) is 29.5 Å². The first-order valence-electron chi connectivity index (χ1n) is 5.74. The summed E-state index contributed by atoms with van der Waals surface area (Å²) in [7, 11) is 1.36. The Morgan fingerprint density at radius 2 is 2.29 bits per heavy atom. The van der Waals surface area contributed by atoms with E-state index in [1.165, 1.54) is 13.5 Å². The Morgan fingerprint density at radius 1 is 1.53 bits per heavy atom. The molecule has 1 heterocycles. The highest BCUT2D eigenvalue weighted by molar-refractivity contribution is 6.33. The third kappa shape index (κ3) is 2.55. The van der Waals surface area contributed by atoms with E-state index in [9.17, 15) is 4.79 Å². The molecule has 17 heavy (non-hydrogen) atoms. The van der Waals surface area contributed by atoms with Crippen molar-refractivity contribution in [1.29, 1.82) is 0 Å². The first kappa shape index (κ1) is 12.2. The minimum Gasteiger partial charge on any atom is -0.465 e. The molecule has 1 unspecified atom stereocenters. The van der Waals surface area contributed by atoms with Crippen LogP contribution in [0.15, 0.2) is 18.2 Å². The molecule has 1 aliphatic heterocycles. The first-order chi connectivity index (χ1) is 8.11. The third-order valence-electron chi connectivity index (χ3n) is 3.15. The SMILES string of the molecule is COC(=O)c1ccc(N2CCC(C)C2)cc1Cl. The van der Waals surface area contributed by atoms with Gasteiger partial charge in [-0.3, -0.25) is 0 Å². The number of rotatable bonds is 2. The third-order valence-corrected chi connectivity index (χ3v) is 3.46. The predicted molar refractivity (Wildman–Crippen MR) is 68.8 cm³/mol. The molecule has 1 aliphatic rings. The number of methoxy groups -OCH3 is 1. The monoisotopic (exact) mass is 253 g/mol. The van der Waals surface area contributed by atoms with Gasteiger partial charge in [-0.25, -0.2) is 4.79 Å². The highest BCUT2D eigenvalue weighted by Crippen LogP contribution is 2.28. The first-order valence-corrected chi connectivity index (χ1v) is 6.12. The van der Waals surface area contributed by atoms with Crippen molar-refractivity contribution < 1.29 is 9.53 Å². The molecule has 0 radical (unpaired) electrons. The summed E-state index contributed by atoms with van der Waals surface area (Å²) in [6, 6.07) is 5.49. The van der Waals surface area contributed by atoms with Crippen LogP contribution in [0, 0.1) is 5.92 Å². The maximum Gasteiger partial charge on any atom is 0.339 e. The molecule has 1 aromatic rings. The second-order valence-electron chi connectivity index (χ2n) is 4.50. The predicted octanol–water partition coefficient (Wildman–Crippen LogP) is 2.97. The van der Waals surface area contributed by atoms with E-state index in [-0.39, 0.29) is 0 Å². The Hall–Kier alpha value is -1.22. The van der Waals surface area contributed by atoms with Gasteiger partial charge >= 0.3 is 5.97 Å². The van der Waals surface area contributed by atoms with Crippen LogP contribution >= 0.6 is 11.6 Å². The molecule has 0 amide bonds. The molecule has 1 saturated heterocycles. The smallest absolute Gasteiger partial charge is 0.339 e. The lowest BCUT2D eigenvalue weighted by atomic mass is 10.2. The number of anilines is 1. The van der Waals surface area contributed by atoms with Gasteiger partial charge in [-0.1, -0.05) is 18.5 Å². The molecule has 4 heteroatoms. The lowest BCUT2D eigenvalue weighted by Gasteiger charge is -2.18. The van der Waals surface area contributed by atoms with E-state index in [1.807, 2.05) is 12.1 Å². The number of hydrogen-bond acceptors (Lipinski definition) is 3. The summed E-state index contributed by atoms with van der Waals surface area (Å²) in [5, 5.41) is 0.453. The highest BCUT2D eigenvalue weighted by atomic mass is 35.5. The Kier molecular flexibility index (Phi) is 3.57. The lowest BCUT2D eigenvalue weighted by molar-refractivity contribution is 0.0601. The quantitative estimate of drug-likeness (QED) is 0.759. The molecule has 0 bridgehead atoms. The Morgan fingerprint density at radius 3 is 2.82 bits per heavy atom. The van der Waals surface area contributed by atoms with Crippen LogP contribution < -0.4 is 4.90 Å². The molecule has 0 spiro atoms. The molecule has 0 saturated carbocycles. The maximum absolute atomic E-state index is 11.4. The van der Waals surface area contributed by atoms with Gasteiger partial charge in [0.2, 0.25) is 0 Å². The van der Waals surface area contributed by atoms with E-state index in [0.29, 0.717) is 16.5 Å². The zero-order valence-electron chi connectivity index (χ0n) is 10.1. The molecule has 0 N–H and O–H groups in total.